The normalized spacial score (nSPS) is 20.1. The van der Waals surface area contributed by atoms with Crippen molar-refractivity contribution in [1.82, 2.24) is 14.8 Å². The van der Waals surface area contributed by atoms with Gasteiger partial charge in [-0.15, -0.1) is 0 Å². The van der Waals surface area contributed by atoms with Crippen molar-refractivity contribution in [3.05, 3.63) is 22.5 Å². The molecule has 1 aliphatic carbocycles. The predicted molar refractivity (Wildman–Crippen MR) is 76.2 cm³/mol. The van der Waals surface area contributed by atoms with Crippen LogP contribution in [0, 0.1) is 6.92 Å². The van der Waals surface area contributed by atoms with Crippen molar-refractivity contribution in [3.63, 3.8) is 0 Å². The summed E-state index contributed by atoms with van der Waals surface area (Å²) in [7, 11) is 2.07. The molecule has 2 heterocycles. The summed E-state index contributed by atoms with van der Waals surface area (Å²) in [5.74, 6) is 0.231. The number of Topliss-reactive ketones (excluding diaryl/α,β-unsaturated/α-hetero) is 1. The Labute approximate surface area is 118 Å². The number of hydrogen-bond acceptors (Lipinski definition) is 3. The third kappa shape index (κ3) is 2.16. The summed E-state index contributed by atoms with van der Waals surface area (Å²) in [5, 5.41) is 0. The number of amides is 1. The minimum absolute atomic E-state index is 0.0859. The van der Waals surface area contributed by atoms with E-state index in [-0.39, 0.29) is 11.7 Å². The van der Waals surface area contributed by atoms with Gasteiger partial charge in [0.05, 0.1) is 11.3 Å². The Morgan fingerprint density at radius 3 is 2.55 bits per heavy atom. The molecule has 0 spiro atoms. The van der Waals surface area contributed by atoms with Crippen LogP contribution in [0.25, 0.3) is 0 Å². The quantitative estimate of drug-likeness (QED) is 0.838. The Morgan fingerprint density at radius 1 is 1.15 bits per heavy atom. The molecule has 1 aliphatic heterocycles. The van der Waals surface area contributed by atoms with E-state index in [0.29, 0.717) is 12.1 Å². The van der Waals surface area contributed by atoms with Crippen LogP contribution in [0.4, 0.5) is 0 Å². The second kappa shape index (κ2) is 5.05. The molecule has 20 heavy (non-hydrogen) atoms. The molecule has 0 radical (unpaired) electrons. The summed E-state index contributed by atoms with van der Waals surface area (Å²) in [5.41, 5.74) is 3.21. The number of hydrogen-bond donors (Lipinski definition) is 1. The number of fused-ring (bicyclic) bond motifs is 1. The molecular weight excluding hydrogens is 254 g/mol. The topological polar surface area (TPSA) is 56.4 Å². The van der Waals surface area contributed by atoms with Gasteiger partial charge >= 0.3 is 0 Å². The number of rotatable bonds is 1. The molecule has 1 N–H and O–H groups in total. The zero-order chi connectivity index (χ0) is 14.3. The lowest BCUT2D eigenvalue weighted by Crippen LogP contribution is -2.47. The first-order valence-corrected chi connectivity index (χ1v) is 7.30. The SMILES string of the molecule is Cc1[nH]c2c(c1C(=O)N1CCN(C)CC1)CCCC2=O. The molecule has 0 aromatic carbocycles. The molecule has 5 nitrogen and oxygen atoms in total. The van der Waals surface area contributed by atoms with Gasteiger partial charge in [0.1, 0.15) is 0 Å². The second-order valence-electron chi connectivity index (χ2n) is 5.85. The first-order valence-electron chi connectivity index (χ1n) is 7.30. The zero-order valence-corrected chi connectivity index (χ0v) is 12.2. The van der Waals surface area contributed by atoms with E-state index in [1.807, 2.05) is 11.8 Å². The molecule has 0 bridgehead atoms. The lowest BCUT2D eigenvalue weighted by molar-refractivity contribution is 0.0662. The van der Waals surface area contributed by atoms with E-state index in [4.69, 9.17) is 0 Å². The Bertz CT molecular complexity index is 554. The van der Waals surface area contributed by atoms with Crippen LogP contribution in [0.5, 0.6) is 0 Å². The van der Waals surface area contributed by atoms with Crippen molar-refractivity contribution in [2.45, 2.75) is 26.2 Å². The van der Waals surface area contributed by atoms with Gasteiger partial charge in [-0.2, -0.15) is 0 Å². The zero-order valence-electron chi connectivity index (χ0n) is 12.2. The van der Waals surface area contributed by atoms with Gasteiger partial charge in [-0.1, -0.05) is 0 Å². The number of piperazine rings is 1. The summed E-state index contributed by atoms with van der Waals surface area (Å²) in [6.45, 7) is 5.26. The molecule has 1 amide bonds. The largest absolute Gasteiger partial charge is 0.355 e. The van der Waals surface area contributed by atoms with E-state index < -0.39 is 0 Å². The highest BCUT2D eigenvalue weighted by atomic mass is 16.2. The second-order valence-corrected chi connectivity index (χ2v) is 5.85. The van der Waals surface area contributed by atoms with Crippen LogP contribution in [-0.4, -0.2) is 59.7 Å². The summed E-state index contributed by atoms with van der Waals surface area (Å²) >= 11 is 0. The minimum Gasteiger partial charge on any atom is -0.355 e. The molecule has 1 aromatic heterocycles. The van der Waals surface area contributed by atoms with E-state index in [2.05, 4.69) is 16.9 Å². The standard InChI is InChI=1S/C15H21N3O2/c1-10-13(11-4-3-5-12(19)14(11)16-10)15(20)18-8-6-17(2)7-9-18/h16H,3-9H2,1-2H3. The minimum atomic E-state index is 0.0859. The van der Waals surface area contributed by atoms with E-state index in [0.717, 1.165) is 55.8 Å². The number of H-pyrrole nitrogens is 1. The average Bonchev–Trinajstić information content (AvgIpc) is 2.77. The van der Waals surface area contributed by atoms with Crippen LogP contribution in [0.15, 0.2) is 0 Å². The van der Waals surface area contributed by atoms with Crippen molar-refractivity contribution < 1.29 is 9.59 Å². The Kier molecular flexibility index (Phi) is 3.38. The van der Waals surface area contributed by atoms with Crippen molar-refractivity contribution in [2.24, 2.45) is 0 Å². The van der Waals surface area contributed by atoms with Crippen LogP contribution in [0.3, 0.4) is 0 Å². The number of ketones is 1. The molecular formula is C15H21N3O2. The van der Waals surface area contributed by atoms with Gasteiger partial charge in [0.15, 0.2) is 5.78 Å². The Morgan fingerprint density at radius 2 is 1.85 bits per heavy atom. The van der Waals surface area contributed by atoms with E-state index in [1.165, 1.54) is 0 Å². The van der Waals surface area contributed by atoms with E-state index in [9.17, 15) is 9.59 Å². The van der Waals surface area contributed by atoms with Gasteiger partial charge in [0.25, 0.3) is 5.91 Å². The molecule has 1 saturated heterocycles. The maximum Gasteiger partial charge on any atom is 0.256 e. The fourth-order valence-electron chi connectivity index (χ4n) is 3.17. The van der Waals surface area contributed by atoms with Gasteiger partial charge in [0, 0.05) is 38.3 Å². The van der Waals surface area contributed by atoms with Crippen LogP contribution in [0.1, 0.15) is 44.9 Å². The number of nitrogens with one attached hydrogen (secondary N) is 1. The van der Waals surface area contributed by atoms with Crippen LogP contribution in [0.2, 0.25) is 0 Å². The summed E-state index contributed by atoms with van der Waals surface area (Å²) < 4.78 is 0. The number of carbonyl (C=O) groups excluding carboxylic acids is 2. The highest BCUT2D eigenvalue weighted by Gasteiger charge is 2.30. The fraction of sp³-hybridized carbons (Fsp3) is 0.600. The highest BCUT2D eigenvalue weighted by Crippen LogP contribution is 2.28. The first kappa shape index (κ1) is 13.4. The summed E-state index contributed by atoms with van der Waals surface area (Å²) in [6, 6.07) is 0. The van der Waals surface area contributed by atoms with Crippen LogP contribution < -0.4 is 0 Å². The molecule has 0 atom stereocenters. The van der Waals surface area contributed by atoms with Crippen molar-refractivity contribution in [3.8, 4) is 0 Å². The lowest BCUT2D eigenvalue weighted by atomic mass is 9.93. The molecule has 1 fully saturated rings. The van der Waals surface area contributed by atoms with Gasteiger partial charge in [-0.3, -0.25) is 9.59 Å². The molecule has 0 saturated carbocycles. The number of aromatic nitrogens is 1. The fourth-order valence-corrected chi connectivity index (χ4v) is 3.17. The van der Waals surface area contributed by atoms with Crippen LogP contribution >= 0.6 is 0 Å². The summed E-state index contributed by atoms with van der Waals surface area (Å²) in [4.78, 5) is 32.0. The lowest BCUT2D eigenvalue weighted by Gasteiger charge is -2.32. The Hall–Kier alpha value is -1.62. The number of likely N-dealkylation sites (N-methyl/N-ethyl adjacent to an activating group) is 1. The number of aryl methyl sites for hydroxylation is 1. The van der Waals surface area contributed by atoms with Gasteiger partial charge in [0.2, 0.25) is 0 Å². The van der Waals surface area contributed by atoms with Crippen LogP contribution in [-0.2, 0) is 6.42 Å². The van der Waals surface area contributed by atoms with E-state index >= 15 is 0 Å². The molecule has 2 aliphatic rings. The smallest absolute Gasteiger partial charge is 0.256 e. The van der Waals surface area contributed by atoms with E-state index in [1.54, 1.807) is 0 Å². The molecule has 1 aromatic rings. The molecule has 108 valence electrons. The average molecular weight is 275 g/mol. The maximum atomic E-state index is 12.7. The Balaban J connectivity index is 1.90. The number of nitrogens with zero attached hydrogens (tertiary/aromatic N) is 2. The molecule has 5 heteroatoms. The summed E-state index contributed by atoms with van der Waals surface area (Å²) in [6.07, 6.45) is 2.28. The first-order chi connectivity index (χ1) is 9.58. The van der Waals surface area contributed by atoms with Gasteiger partial charge in [-0.05, 0) is 32.4 Å². The van der Waals surface area contributed by atoms with Crippen molar-refractivity contribution in [1.29, 1.82) is 0 Å². The predicted octanol–water partition coefficient (Wildman–Crippen LogP) is 1.23. The highest BCUT2D eigenvalue weighted by molar-refractivity contribution is 6.04. The molecule has 3 rings (SSSR count). The third-order valence-corrected chi connectivity index (χ3v) is 4.40. The monoisotopic (exact) mass is 275 g/mol. The molecule has 0 unspecified atom stereocenters. The number of carbonyl (C=O) groups is 2. The third-order valence-electron chi connectivity index (χ3n) is 4.40. The maximum absolute atomic E-state index is 12.7. The number of aromatic amines is 1. The van der Waals surface area contributed by atoms with Crippen molar-refractivity contribution in [2.75, 3.05) is 33.2 Å². The van der Waals surface area contributed by atoms with Crippen molar-refractivity contribution >= 4 is 11.7 Å². The van der Waals surface area contributed by atoms with Gasteiger partial charge < -0.3 is 14.8 Å². The van der Waals surface area contributed by atoms with Gasteiger partial charge in [-0.25, -0.2) is 0 Å².